The average Bonchev–Trinajstić information content (AvgIpc) is 2.67. The van der Waals surface area contributed by atoms with E-state index in [-0.39, 0.29) is 10.6 Å². The largest absolute Gasteiger partial charge is 0.486 e. The molecule has 27 heavy (non-hydrogen) atoms. The summed E-state index contributed by atoms with van der Waals surface area (Å²) < 4.78 is 53.6. The number of hydrogen-bond acceptors (Lipinski definition) is 6. The van der Waals surface area contributed by atoms with E-state index >= 15 is 0 Å². The third-order valence-corrected chi connectivity index (χ3v) is 4.87. The molecule has 8 nitrogen and oxygen atoms in total. The van der Waals surface area contributed by atoms with E-state index in [1.165, 1.54) is 49.4 Å². The van der Waals surface area contributed by atoms with Crippen LogP contribution in [0.2, 0.25) is 0 Å². The Morgan fingerprint density at radius 3 is 2.48 bits per heavy atom. The van der Waals surface area contributed by atoms with Gasteiger partial charge in [-0.15, -0.1) is 4.83 Å². The summed E-state index contributed by atoms with van der Waals surface area (Å²) >= 11 is 0. The molecule has 0 unspecified atom stereocenters. The van der Waals surface area contributed by atoms with Crippen LogP contribution in [0.3, 0.4) is 0 Å². The molecule has 2 N–H and O–H groups in total. The van der Waals surface area contributed by atoms with Gasteiger partial charge in [-0.05, 0) is 43.3 Å². The molecule has 1 aliphatic rings. The number of amides is 1. The molecule has 3 rings (SSSR count). The van der Waals surface area contributed by atoms with Gasteiger partial charge in [-0.1, -0.05) is 0 Å². The number of fused-ring (bicyclic) bond motifs is 1. The predicted molar refractivity (Wildman–Crippen MR) is 92.4 cm³/mol. The van der Waals surface area contributed by atoms with Gasteiger partial charge in [0.1, 0.15) is 24.8 Å². The zero-order chi connectivity index (χ0) is 19.4. The molecular weight excluding hydrogens is 379 g/mol. The van der Waals surface area contributed by atoms with Crippen molar-refractivity contribution in [2.45, 2.75) is 17.9 Å². The summed E-state index contributed by atoms with van der Waals surface area (Å²) in [6, 6.07) is 9.21. The summed E-state index contributed by atoms with van der Waals surface area (Å²) in [5, 5.41) is 0. The molecule has 0 bridgehead atoms. The van der Waals surface area contributed by atoms with Crippen molar-refractivity contribution in [3.8, 4) is 17.2 Å². The van der Waals surface area contributed by atoms with Gasteiger partial charge in [-0.25, -0.2) is 12.8 Å². The molecule has 0 aromatic heterocycles. The first-order valence-electron chi connectivity index (χ1n) is 7.99. The van der Waals surface area contributed by atoms with Gasteiger partial charge in [0.15, 0.2) is 17.6 Å². The lowest BCUT2D eigenvalue weighted by Gasteiger charge is -2.19. The Bertz CT molecular complexity index is 933. The van der Waals surface area contributed by atoms with Crippen LogP contribution in [0.25, 0.3) is 0 Å². The van der Waals surface area contributed by atoms with Crippen molar-refractivity contribution in [3.05, 3.63) is 48.3 Å². The molecule has 0 radical (unpaired) electrons. The number of rotatable bonds is 6. The summed E-state index contributed by atoms with van der Waals surface area (Å²) in [6.45, 7) is 2.13. The van der Waals surface area contributed by atoms with Crippen LogP contribution >= 0.6 is 0 Å². The minimum atomic E-state index is -4.02. The zero-order valence-corrected chi connectivity index (χ0v) is 15.1. The Kier molecular flexibility index (Phi) is 5.47. The predicted octanol–water partition coefficient (Wildman–Crippen LogP) is 1.37. The molecule has 1 aliphatic heterocycles. The number of ether oxygens (including phenoxy) is 3. The molecule has 1 amide bonds. The van der Waals surface area contributed by atoms with E-state index in [1.54, 1.807) is 0 Å². The molecular formula is C17H17FN2O6S. The molecule has 2 aromatic rings. The molecule has 0 saturated heterocycles. The highest BCUT2D eigenvalue weighted by Crippen LogP contribution is 2.32. The lowest BCUT2D eigenvalue weighted by Crippen LogP contribution is -2.47. The Balaban J connectivity index is 1.60. The number of carbonyl (C=O) groups excluding carboxylic acids is 1. The molecule has 0 fully saturated rings. The highest BCUT2D eigenvalue weighted by Gasteiger charge is 2.22. The molecule has 1 atom stereocenters. The Hall–Kier alpha value is -2.85. The second-order valence-electron chi connectivity index (χ2n) is 5.61. The third-order valence-electron chi connectivity index (χ3n) is 3.63. The Morgan fingerprint density at radius 1 is 1.11 bits per heavy atom. The lowest BCUT2D eigenvalue weighted by molar-refractivity contribution is -0.127. The maximum Gasteiger partial charge on any atom is 0.275 e. The van der Waals surface area contributed by atoms with E-state index < -0.39 is 27.9 Å². The molecule has 10 heteroatoms. The van der Waals surface area contributed by atoms with Crippen LogP contribution in [0.4, 0.5) is 4.39 Å². The molecule has 0 saturated carbocycles. The second kappa shape index (κ2) is 7.80. The van der Waals surface area contributed by atoms with E-state index in [2.05, 4.69) is 5.43 Å². The van der Waals surface area contributed by atoms with Crippen LogP contribution in [0, 0.1) is 5.82 Å². The first-order chi connectivity index (χ1) is 12.8. The number of benzene rings is 2. The van der Waals surface area contributed by atoms with Crippen molar-refractivity contribution in [1.29, 1.82) is 0 Å². The van der Waals surface area contributed by atoms with Gasteiger partial charge in [-0.3, -0.25) is 10.2 Å². The van der Waals surface area contributed by atoms with Crippen molar-refractivity contribution in [3.63, 3.8) is 0 Å². The number of sulfonamides is 1. The number of hydrazine groups is 1. The lowest BCUT2D eigenvalue weighted by atomic mass is 10.3. The van der Waals surface area contributed by atoms with E-state index in [0.29, 0.717) is 24.7 Å². The van der Waals surface area contributed by atoms with E-state index in [0.717, 1.165) is 0 Å². The Morgan fingerprint density at radius 2 is 1.78 bits per heavy atom. The SMILES string of the molecule is C[C@H](Oc1ccc(F)cc1)C(=O)NNS(=O)(=O)c1ccc2c(c1)OCCO2. The summed E-state index contributed by atoms with van der Waals surface area (Å²) in [6.07, 6.45) is -1.02. The van der Waals surface area contributed by atoms with Gasteiger partial charge >= 0.3 is 0 Å². The number of halogens is 1. The van der Waals surface area contributed by atoms with Gasteiger partial charge < -0.3 is 14.2 Å². The van der Waals surface area contributed by atoms with Crippen LogP contribution in [-0.2, 0) is 14.8 Å². The van der Waals surface area contributed by atoms with E-state index in [1.807, 2.05) is 4.83 Å². The van der Waals surface area contributed by atoms with Gasteiger partial charge in [0, 0.05) is 6.07 Å². The minimum Gasteiger partial charge on any atom is -0.486 e. The fourth-order valence-corrected chi connectivity index (χ4v) is 3.10. The maximum atomic E-state index is 12.9. The highest BCUT2D eigenvalue weighted by atomic mass is 32.2. The fourth-order valence-electron chi connectivity index (χ4n) is 2.24. The van der Waals surface area contributed by atoms with E-state index in [9.17, 15) is 17.6 Å². The van der Waals surface area contributed by atoms with Gasteiger partial charge in [-0.2, -0.15) is 0 Å². The fraction of sp³-hybridized carbons (Fsp3) is 0.235. The average molecular weight is 396 g/mol. The maximum absolute atomic E-state index is 12.9. The standard InChI is InChI=1S/C17H17FN2O6S/c1-11(26-13-4-2-12(18)3-5-13)17(21)19-20-27(22,23)14-6-7-15-16(10-14)25-9-8-24-15/h2-7,10-11,20H,8-9H2,1H3,(H,19,21)/t11-/m0/s1. The quantitative estimate of drug-likeness (QED) is 0.715. The normalized spacial score (nSPS) is 14.3. The van der Waals surface area contributed by atoms with Gasteiger partial charge in [0.2, 0.25) is 0 Å². The smallest absolute Gasteiger partial charge is 0.275 e. The van der Waals surface area contributed by atoms with Crippen LogP contribution in [-0.4, -0.2) is 33.6 Å². The summed E-state index contributed by atoms with van der Waals surface area (Å²) in [7, 11) is -4.02. The van der Waals surface area contributed by atoms with Crippen molar-refractivity contribution in [2.75, 3.05) is 13.2 Å². The molecule has 1 heterocycles. The van der Waals surface area contributed by atoms with Crippen molar-refractivity contribution in [1.82, 2.24) is 10.3 Å². The summed E-state index contributed by atoms with van der Waals surface area (Å²) in [5.41, 5.74) is 2.08. The molecule has 2 aromatic carbocycles. The number of hydrogen-bond donors (Lipinski definition) is 2. The third kappa shape index (κ3) is 4.66. The highest BCUT2D eigenvalue weighted by molar-refractivity contribution is 7.89. The summed E-state index contributed by atoms with van der Waals surface area (Å²) in [4.78, 5) is 13.9. The van der Waals surface area contributed by atoms with Crippen LogP contribution in [0.5, 0.6) is 17.2 Å². The zero-order valence-electron chi connectivity index (χ0n) is 14.3. The van der Waals surface area contributed by atoms with Crippen molar-refractivity contribution >= 4 is 15.9 Å². The topological polar surface area (TPSA) is 103 Å². The van der Waals surface area contributed by atoms with E-state index in [4.69, 9.17) is 14.2 Å². The monoisotopic (exact) mass is 396 g/mol. The minimum absolute atomic E-state index is 0.0980. The Labute approximate surface area is 155 Å². The van der Waals surface area contributed by atoms with Crippen LogP contribution in [0.1, 0.15) is 6.92 Å². The molecule has 0 aliphatic carbocycles. The van der Waals surface area contributed by atoms with Gasteiger partial charge in [0.05, 0.1) is 4.90 Å². The van der Waals surface area contributed by atoms with Crippen LogP contribution in [0.15, 0.2) is 47.4 Å². The molecule has 0 spiro atoms. The van der Waals surface area contributed by atoms with Crippen LogP contribution < -0.4 is 24.5 Å². The number of carbonyl (C=O) groups is 1. The van der Waals surface area contributed by atoms with Crippen molar-refractivity contribution in [2.24, 2.45) is 0 Å². The second-order valence-corrected chi connectivity index (χ2v) is 7.30. The molecule has 144 valence electrons. The summed E-state index contributed by atoms with van der Waals surface area (Å²) in [5.74, 6) is -0.130. The first kappa shape index (κ1) is 18.9. The number of nitrogens with one attached hydrogen (secondary N) is 2. The van der Waals surface area contributed by atoms with Gasteiger partial charge in [0.25, 0.3) is 15.9 Å². The first-order valence-corrected chi connectivity index (χ1v) is 9.47. The van der Waals surface area contributed by atoms with Crippen molar-refractivity contribution < 1.29 is 31.8 Å².